The van der Waals surface area contributed by atoms with E-state index in [1.165, 1.54) is 6.42 Å². The highest BCUT2D eigenvalue weighted by Crippen LogP contribution is 2.46. The largest absolute Gasteiger partial charge is 0.497 e. The number of aromatic amines is 1. The second-order valence-corrected chi connectivity index (χ2v) is 24.7. The quantitative estimate of drug-likeness (QED) is 0.0645. The van der Waals surface area contributed by atoms with E-state index in [1.54, 1.807) is 34.4 Å². The Morgan fingerprint density at radius 3 is 1.94 bits per heavy atom. The van der Waals surface area contributed by atoms with E-state index >= 15 is 0 Å². The van der Waals surface area contributed by atoms with Crippen molar-refractivity contribution in [3.8, 4) is 11.5 Å². The monoisotopic (exact) mass is 907 g/mol. The number of aromatic nitrogens is 4. The predicted octanol–water partition coefficient (Wildman–Crippen LogP) is 9.83. The number of methoxy groups -OCH3 is 2. The standard InChI is InChI=1S/C51H70N6O7Si/c1-34(2)47(58)54-49-53-46-45(48(59)55-49)52-33-57(46)44-29-56(41-19-15-12-16-20-41)30-50(64-44,32-63-65(35(3)4,36(5)6)37(7)8)31-62-51(38-17-13-11-14-18-38,39-21-25-42(60-9)26-22-39)40-23-27-43(61-10)28-24-40/h11,13-14,17-18,21-28,33-37,41,44H,12,15-16,19-20,29-32H2,1-10H3,(H2,53,54,55,58,59)/t44-,50+/m1/s1. The Hall–Kier alpha value is -4.86. The lowest BCUT2D eigenvalue weighted by Crippen LogP contribution is -2.63. The van der Waals surface area contributed by atoms with Gasteiger partial charge in [-0.05, 0) is 70.4 Å². The van der Waals surface area contributed by atoms with Gasteiger partial charge in [-0.3, -0.25) is 29.4 Å². The minimum atomic E-state index is -2.48. The van der Waals surface area contributed by atoms with E-state index in [1.807, 2.05) is 47.0 Å². The van der Waals surface area contributed by atoms with Gasteiger partial charge in [-0.1, -0.05) is 129 Å². The lowest BCUT2D eigenvalue weighted by Gasteiger charge is -2.52. The molecule has 65 heavy (non-hydrogen) atoms. The summed E-state index contributed by atoms with van der Waals surface area (Å²) in [5.74, 6) is 0.966. The van der Waals surface area contributed by atoms with Gasteiger partial charge in [0.25, 0.3) is 5.56 Å². The number of morpholine rings is 1. The average molecular weight is 907 g/mol. The van der Waals surface area contributed by atoms with Crippen LogP contribution in [-0.2, 0) is 24.3 Å². The summed E-state index contributed by atoms with van der Waals surface area (Å²) in [6, 6.07) is 26.8. The van der Waals surface area contributed by atoms with Gasteiger partial charge in [0.2, 0.25) is 11.9 Å². The van der Waals surface area contributed by atoms with Crippen LogP contribution in [0.2, 0.25) is 16.6 Å². The number of rotatable bonds is 18. The topological polar surface area (TPSA) is 142 Å². The molecule has 2 fully saturated rings. The molecule has 1 aliphatic heterocycles. The average Bonchev–Trinajstić information content (AvgIpc) is 3.75. The number of carbonyl (C=O) groups is 1. The zero-order valence-electron chi connectivity index (χ0n) is 40.1. The first kappa shape index (κ1) is 48.1. The molecule has 350 valence electrons. The van der Waals surface area contributed by atoms with Crippen molar-refractivity contribution < 1.29 is 28.2 Å². The van der Waals surface area contributed by atoms with Crippen molar-refractivity contribution >= 4 is 31.3 Å². The van der Waals surface area contributed by atoms with Gasteiger partial charge in [-0.15, -0.1) is 0 Å². The molecule has 13 nitrogen and oxygen atoms in total. The maximum absolute atomic E-state index is 13.6. The summed E-state index contributed by atoms with van der Waals surface area (Å²) in [4.78, 5) is 41.1. The molecule has 1 saturated heterocycles. The van der Waals surface area contributed by atoms with Crippen LogP contribution in [0.1, 0.15) is 110 Å². The van der Waals surface area contributed by atoms with Crippen molar-refractivity contribution in [1.29, 1.82) is 0 Å². The molecule has 2 atom stereocenters. The third-order valence-corrected chi connectivity index (χ3v) is 19.9. The molecule has 2 aliphatic rings. The lowest BCUT2D eigenvalue weighted by molar-refractivity contribution is -0.233. The van der Waals surface area contributed by atoms with E-state index in [-0.39, 0.29) is 36.5 Å². The molecule has 2 N–H and O–H groups in total. The van der Waals surface area contributed by atoms with Crippen molar-refractivity contribution in [3.05, 3.63) is 112 Å². The first-order valence-corrected chi connectivity index (χ1v) is 25.6. The molecule has 0 radical (unpaired) electrons. The van der Waals surface area contributed by atoms with Crippen LogP contribution in [0.4, 0.5) is 5.95 Å². The molecule has 3 aromatic carbocycles. The zero-order chi connectivity index (χ0) is 46.5. The predicted molar refractivity (Wildman–Crippen MR) is 258 cm³/mol. The smallest absolute Gasteiger partial charge is 0.280 e. The summed E-state index contributed by atoms with van der Waals surface area (Å²) >= 11 is 0. The van der Waals surface area contributed by atoms with Crippen LogP contribution >= 0.6 is 0 Å². The van der Waals surface area contributed by atoms with Crippen LogP contribution in [0.5, 0.6) is 11.5 Å². The van der Waals surface area contributed by atoms with Crippen molar-refractivity contribution in [1.82, 2.24) is 24.4 Å². The molecule has 0 spiro atoms. The number of imidazole rings is 1. The van der Waals surface area contributed by atoms with Crippen molar-refractivity contribution in [2.75, 3.05) is 45.8 Å². The molecule has 2 aromatic heterocycles. The minimum absolute atomic E-state index is 0.0639. The number of nitrogens with one attached hydrogen (secondary N) is 2. The number of hydrogen-bond donors (Lipinski definition) is 2. The third kappa shape index (κ3) is 9.83. The van der Waals surface area contributed by atoms with Gasteiger partial charge in [-0.25, -0.2) is 4.98 Å². The van der Waals surface area contributed by atoms with E-state index in [0.29, 0.717) is 41.4 Å². The highest BCUT2D eigenvalue weighted by molar-refractivity contribution is 6.77. The Balaban J connectivity index is 1.42. The number of nitrogens with zero attached hydrogens (tertiary/aromatic N) is 4. The van der Waals surface area contributed by atoms with E-state index in [0.717, 1.165) is 53.9 Å². The molecular weight excluding hydrogens is 837 g/mol. The van der Waals surface area contributed by atoms with E-state index in [4.69, 9.17) is 28.4 Å². The number of fused-ring (bicyclic) bond motifs is 1. The summed E-state index contributed by atoms with van der Waals surface area (Å²) in [6.07, 6.45) is 6.62. The Labute approximate surface area is 385 Å². The second kappa shape index (κ2) is 20.3. The molecule has 1 aliphatic carbocycles. The molecule has 1 saturated carbocycles. The number of carbonyl (C=O) groups excluding carboxylic acids is 1. The van der Waals surface area contributed by atoms with Crippen LogP contribution in [0, 0.1) is 5.92 Å². The number of benzene rings is 3. The van der Waals surface area contributed by atoms with Crippen LogP contribution in [0.3, 0.4) is 0 Å². The van der Waals surface area contributed by atoms with E-state index < -0.39 is 31.3 Å². The maximum Gasteiger partial charge on any atom is 0.280 e. The SMILES string of the molecule is COc1ccc(C(OC[C@]2(CO[Si](C(C)C)(C(C)C)C(C)C)CN(C3CCCCC3)C[C@H](n3cnc4c(=O)[nH]c(NC(=O)C(C)C)nc43)O2)(c2ccccc2)c2ccc(OC)cc2)cc1. The second-order valence-electron chi connectivity index (χ2n) is 19.3. The molecular formula is C51H70N6O7Si. The van der Waals surface area contributed by atoms with Gasteiger partial charge in [0.1, 0.15) is 28.9 Å². The summed E-state index contributed by atoms with van der Waals surface area (Å²) in [7, 11) is 0.863. The van der Waals surface area contributed by atoms with Gasteiger partial charge in [0.15, 0.2) is 19.5 Å². The Kier molecular flexibility index (Phi) is 15.0. The van der Waals surface area contributed by atoms with Crippen LogP contribution in [0.15, 0.2) is 90.0 Å². The van der Waals surface area contributed by atoms with Gasteiger partial charge >= 0.3 is 0 Å². The molecule has 0 unspecified atom stereocenters. The maximum atomic E-state index is 13.6. The first-order valence-electron chi connectivity index (χ1n) is 23.5. The number of ether oxygens (including phenoxy) is 4. The minimum Gasteiger partial charge on any atom is -0.497 e. The van der Waals surface area contributed by atoms with Crippen LogP contribution in [0.25, 0.3) is 11.2 Å². The number of H-pyrrole nitrogens is 1. The summed E-state index contributed by atoms with van der Waals surface area (Å²) in [5.41, 5.74) is 1.62. The van der Waals surface area contributed by atoms with Gasteiger partial charge in [0, 0.05) is 25.0 Å². The molecule has 1 amide bonds. The molecule has 0 bridgehead atoms. The Bertz CT molecular complexity index is 2330. The van der Waals surface area contributed by atoms with Gasteiger partial charge in [-0.2, -0.15) is 4.98 Å². The fraction of sp³-hybridized carbons (Fsp3) is 0.529. The number of amides is 1. The Morgan fingerprint density at radius 2 is 1.40 bits per heavy atom. The molecule has 3 heterocycles. The van der Waals surface area contributed by atoms with Crippen molar-refractivity contribution in [3.63, 3.8) is 0 Å². The zero-order valence-corrected chi connectivity index (χ0v) is 41.1. The van der Waals surface area contributed by atoms with E-state index in [2.05, 4.69) is 98.1 Å². The number of anilines is 1. The van der Waals surface area contributed by atoms with Gasteiger partial charge < -0.3 is 23.4 Å². The normalized spacial score (nSPS) is 19.1. The summed E-state index contributed by atoms with van der Waals surface area (Å²) < 4.78 is 36.2. The molecule has 7 rings (SSSR count). The van der Waals surface area contributed by atoms with E-state index in [9.17, 15) is 9.59 Å². The fourth-order valence-corrected chi connectivity index (χ4v) is 16.1. The lowest BCUT2D eigenvalue weighted by atomic mass is 9.79. The summed E-state index contributed by atoms with van der Waals surface area (Å²) in [5, 5.41) is 2.79. The van der Waals surface area contributed by atoms with Crippen LogP contribution in [-0.4, -0.2) is 90.8 Å². The van der Waals surface area contributed by atoms with Gasteiger partial charge in [0.05, 0.1) is 33.8 Å². The fourth-order valence-electron chi connectivity index (χ4n) is 10.6. The third-order valence-electron chi connectivity index (χ3n) is 13.9. The summed E-state index contributed by atoms with van der Waals surface area (Å²) in [6.45, 7) is 18.9. The molecule has 14 heteroatoms. The van der Waals surface area contributed by atoms with Crippen LogP contribution < -0.4 is 20.3 Å². The van der Waals surface area contributed by atoms with Crippen molar-refractivity contribution in [2.24, 2.45) is 5.92 Å². The molecule has 5 aromatic rings. The highest BCUT2D eigenvalue weighted by Gasteiger charge is 2.52. The Morgan fingerprint density at radius 1 is 0.831 bits per heavy atom. The first-order chi connectivity index (χ1) is 31.2. The number of hydrogen-bond acceptors (Lipinski definition) is 10. The van der Waals surface area contributed by atoms with Crippen molar-refractivity contribution in [2.45, 2.75) is 128 Å². The highest BCUT2D eigenvalue weighted by atomic mass is 28.4.